The molecule has 0 aliphatic heterocycles. The molecular formula is C16H25NO. The number of benzene rings is 1. The minimum absolute atomic E-state index is 0.0340. The number of rotatable bonds is 7. The topological polar surface area (TPSA) is 29.1 Å². The van der Waals surface area contributed by atoms with Gasteiger partial charge in [0.15, 0.2) is 0 Å². The maximum atomic E-state index is 12.0. The van der Waals surface area contributed by atoms with Crippen molar-refractivity contribution in [2.24, 2.45) is 5.41 Å². The highest BCUT2D eigenvalue weighted by molar-refractivity contribution is 5.94. The average Bonchev–Trinajstić information content (AvgIpc) is 2.43. The van der Waals surface area contributed by atoms with Gasteiger partial charge in [0.25, 0.3) is 5.91 Å². The van der Waals surface area contributed by atoms with Crippen LogP contribution in [0, 0.1) is 5.41 Å². The number of unbranched alkanes of at least 4 members (excludes halogenated alkanes) is 1. The second kappa shape index (κ2) is 7.20. The summed E-state index contributed by atoms with van der Waals surface area (Å²) in [6, 6.07) is 9.42. The molecule has 0 radical (unpaired) electrons. The van der Waals surface area contributed by atoms with Crippen LogP contribution in [0.2, 0.25) is 0 Å². The Morgan fingerprint density at radius 1 is 1.22 bits per heavy atom. The fourth-order valence-corrected chi connectivity index (χ4v) is 1.98. The largest absolute Gasteiger partial charge is 0.351 e. The lowest BCUT2D eigenvalue weighted by Gasteiger charge is -2.28. The van der Waals surface area contributed by atoms with E-state index in [1.54, 1.807) is 0 Å². The van der Waals surface area contributed by atoms with E-state index in [-0.39, 0.29) is 11.3 Å². The second-order valence-corrected chi connectivity index (χ2v) is 5.32. The van der Waals surface area contributed by atoms with Crippen molar-refractivity contribution in [1.82, 2.24) is 5.32 Å². The van der Waals surface area contributed by atoms with Crippen LogP contribution >= 0.6 is 0 Å². The van der Waals surface area contributed by atoms with E-state index in [1.807, 2.05) is 30.3 Å². The summed E-state index contributed by atoms with van der Waals surface area (Å²) >= 11 is 0. The third-order valence-corrected chi connectivity index (χ3v) is 3.70. The molecule has 2 heteroatoms. The van der Waals surface area contributed by atoms with Crippen molar-refractivity contribution < 1.29 is 4.79 Å². The fourth-order valence-electron chi connectivity index (χ4n) is 1.98. The first-order valence-electron chi connectivity index (χ1n) is 6.94. The lowest BCUT2D eigenvalue weighted by atomic mass is 9.82. The summed E-state index contributed by atoms with van der Waals surface area (Å²) in [5.41, 5.74) is 0.965. The zero-order valence-electron chi connectivity index (χ0n) is 11.8. The van der Waals surface area contributed by atoms with Crippen LogP contribution in [0.4, 0.5) is 0 Å². The van der Waals surface area contributed by atoms with Gasteiger partial charge >= 0.3 is 0 Å². The standard InChI is InChI=1S/C16H25NO/c1-4-6-12-16(3,5-2)13-17-15(18)14-10-8-7-9-11-14/h7-11H,4-6,12-13H2,1-3H3,(H,17,18). The van der Waals surface area contributed by atoms with E-state index in [2.05, 4.69) is 26.1 Å². The Hall–Kier alpha value is -1.31. The third-order valence-electron chi connectivity index (χ3n) is 3.70. The van der Waals surface area contributed by atoms with Crippen molar-refractivity contribution >= 4 is 5.91 Å². The van der Waals surface area contributed by atoms with E-state index in [0.717, 1.165) is 18.5 Å². The van der Waals surface area contributed by atoms with Gasteiger partial charge in [-0.2, -0.15) is 0 Å². The summed E-state index contributed by atoms with van der Waals surface area (Å²) in [6.45, 7) is 7.42. The molecule has 1 aromatic rings. The minimum atomic E-state index is 0.0340. The molecule has 2 nitrogen and oxygen atoms in total. The van der Waals surface area contributed by atoms with Crippen molar-refractivity contribution in [3.8, 4) is 0 Å². The lowest BCUT2D eigenvalue weighted by molar-refractivity contribution is 0.0928. The minimum Gasteiger partial charge on any atom is -0.351 e. The summed E-state index contributed by atoms with van der Waals surface area (Å²) in [5, 5.41) is 3.06. The summed E-state index contributed by atoms with van der Waals surface area (Å²) < 4.78 is 0. The molecule has 1 amide bonds. The molecule has 1 aromatic carbocycles. The Morgan fingerprint density at radius 2 is 1.89 bits per heavy atom. The van der Waals surface area contributed by atoms with Crippen LogP contribution in [-0.4, -0.2) is 12.5 Å². The molecule has 0 heterocycles. The molecule has 0 spiro atoms. The zero-order chi connectivity index (χ0) is 13.4. The second-order valence-electron chi connectivity index (χ2n) is 5.32. The van der Waals surface area contributed by atoms with Gasteiger partial charge in [-0.25, -0.2) is 0 Å². The van der Waals surface area contributed by atoms with Crippen molar-refractivity contribution in [1.29, 1.82) is 0 Å². The summed E-state index contributed by atoms with van der Waals surface area (Å²) in [4.78, 5) is 12.0. The summed E-state index contributed by atoms with van der Waals surface area (Å²) in [5.74, 6) is 0.0340. The predicted octanol–water partition coefficient (Wildman–Crippen LogP) is 4.02. The molecule has 0 aliphatic carbocycles. The number of nitrogens with one attached hydrogen (secondary N) is 1. The van der Waals surface area contributed by atoms with Crippen LogP contribution in [0.5, 0.6) is 0 Å². The summed E-state index contributed by atoms with van der Waals surface area (Å²) in [6.07, 6.45) is 4.71. The van der Waals surface area contributed by atoms with Crippen LogP contribution in [-0.2, 0) is 0 Å². The van der Waals surface area contributed by atoms with Crippen LogP contribution < -0.4 is 5.32 Å². The van der Waals surface area contributed by atoms with Crippen molar-refractivity contribution in [2.75, 3.05) is 6.54 Å². The number of hydrogen-bond donors (Lipinski definition) is 1. The normalized spacial score (nSPS) is 13.9. The van der Waals surface area contributed by atoms with Crippen LogP contribution in [0.1, 0.15) is 56.8 Å². The molecule has 0 aromatic heterocycles. The van der Waals surface area contributed by atoms with Gasteiger partial charge in [-0.1, -0.05) is 51.8 Å². The van der Waals surface area contributed by atoms with Gasteiger partial charge in [-0.3, -0.25) is 4.79 Å². The number of amides is 1. The van der Waals surface area contributed by atoms with Gasteiger partial charge in [-0.15, -0.1) is 0 Å². The van der Waals surface area contributed by atoms with Gasteiger partial charge in [-0.05, 0) is 30.4 Å². The first-order chi connectivity index (χ1) is 8.61. The molecule has 0 saturated heterocycles. The van der Waals surface area contributed by atoms with Crippen molar-refractivity contribution in [3.63, 3.8) is 0 Å². The summed E-state index contributed by atoms with van der Waals surface area (Å²) in [7, 11) is 0. The fraction of sp³-hybridized carbons (Fsp3) is 0.562. The molecule has 0 saturated carbocycles. The van der Waals surface area contributed by atoms with Crippen molar-refractivity contribution in [3.05, 3.63) is 35.9 Å². The average molecular weight is 247 g/mol. The first-order valence-corrected chi connectivity index (χ1v) is 6.94. The maximum absolute atomic E-state index is 12.0. The van der Waals surface area contributed by atoms with E-state index in [0.29, 0.717) is 0 Å². The van der Waals surface area contributed by atoms with Crippen molar-refractivity contribution in [2.45, 2.75) is 46.5 Å². The molecule has 0 aliphatic rings. The Morgan fingerprint density at radius 3 is 2.44 bits per heavy atom. The van der Waals surface area contributed by atoms with E-state index < -0.39 is 0 Å². The highest BCUT2D eigenvalue weighted by atomic mass is 16.1. The Labute approximate surface area is 111 Å². The predicted molar refractivity (Wildman–Crippen MR) is 76.7 cm³/mol. The molecule has 0 fully saturated rings. The molecule has 18 heavy (non-hydrogen) atoms. The van der Waals surface area contributed by atoms with Gasteiger partial charge in [0.1, 0.15) is 0 Å². The molecule has 1 atom stereocenters. The smallest absolute Gasteiger partial charge is 0.251 e. The van der Waals surface area contributed by atoms with E-state index in [1.165, 1.54) is 19.3 Å². The maximum Gasteiger partial charge on any atom is 0.251 e. The first kappa shape index (κ1) is 14.7. The molecule has 100 valence electrons. The van der Waals surface area contributed by atoms with E-state index in [4.69, 9.17) is 0 Å². The number of hydrogen-bond acceptors (Lipinski definition) is 1. The Balaban J connectivity index is 2.50. The quantitative estimate of drug-likeness (QED) is 0.774. The number of carbonyl (C=O) groups excluding carboxylic acids is 1. The van der Waals surface area contributed by atoms with E-state index in [9.17, 15) is 4.79 Å². The molecule has 0 bridgehead atoms. The van der Waals surface area contributed by atoms with Crippen LogP contribution in [0.25, 0.3) is 0 Å². The van der Waals surface area contributed by atoms with Crippen LogP contribution in [0.15, 0.2) is 30.3 Å². The molecule has 1 unspecified atom stereocenters. The molecule has 1 rings (SSSR count). The third kappa shape index (κ3) is 4.52. The van der Waals surface area contributed by atoms with Gasteiger partial charge in [0.05, 0.1) is 0 Å². The van der Waals surface area contributed by atoms with Gasteiger partial charge < -0.3 is 5.32 Å². The monoisotopic (exact) mass is 247 g/mol. The number of carbonyl (C=O) groups is 1. The molecule has 1 N–H and O–H groups in total. The Kier molecular flexibility index (Phi) is 5.90. The lowest BCUT2D eigenvalue weighted by Crippen LogP contribution is -2.35. The zero-order valence-corrected chi connectivity index (χ0v) is 11.8. The molecular weight excluding hydrogens is 222 g/mol. The SMILES string of the molecule is CCCCC(C)(CC)CNC(=O)c1ccccc1. The Bertz CT molecular complexity index is 361. The van der Waals surface area contributed by atoms with E-state index >= 15 is 0 Å². The van der Waals surface area contributed by atoms with Gasteiger partial charge in [0, 0.05) is 12.1 Å². The van der Waals surface area contributed by atoms with Gasteiger partial charge in [0.2, 0.25) is 0 Å². The van der Waals surface area contributed by atoms with Crippen LogP contribution in [0.3, 0.4) is 0 Å². The highest BCUT2D eigenvalue weighted by Gasteiger charge is 2.22. The highest BCUT2D eigenvalue weighted by Crippen LogP contribution is 2.27.